The highest BCUT2D eigenvalue weighted by Gasteiger charge is 2.09. The third-order valence-electron chi connectivity index (χ3n) is 2.23. The van der Waals surface area contributed by atoms with E-state index in [1.54, 1.807) is 7.05 Å². The maximum atomic E-state index is 4.37. The molecule has 1 aromatic heterocycles. The van der Waals surface area contributed by atoms with Crippen molar-refractivity contribution in [2.24, 2.45) is 0 Å². The van der Waals surface area contributed by atoms with Crippen LogP contribution in [-0.4, -0.2) is 41.6 Å². The number of rotatable bonds is 6. The molecule has 0 fully saturated rings. The number of nitrogens with one attached hydrogen (secondary N) is 2. The smallest absolute Gasteiger partial charge is 0.231 e. The molecule has 0 spiro atoms. The summed E-state index contributed by atoms with van der Waals surface area (Å²) in [5.74, 6) is 1.91. The van der Waals surface area contributed by atoms with Crippen LogP contribution in [0.2, 0.25) is 0 Å². The van der Waals surface area contributed by atoms with Crippen molar-refractivity contribution >= 4 is 17.8 Å². The van der Waals surface area contributed by atoms with Crippen LogP contribution in [0.25, 0.3) is 0 Å². The first-order valence-corrected chi connectivity index (χ1v) is 5.67. The lowest BCUT2D eigenvalue weighted by Crippen LogP contribution is -2.25. The van der Waals surface area contributed by atoms with Crippen LogP contribution in [0.4, 0.5) is 17.8 Å². The van der Waals surface area contributed by atoms with Crippen molar-refractivity contribution in [3.63, 3.8) is 0 Å². The zero-order valence-electron chi connectivity index (χ0n) is 10.4. The first-order valence-electron chi connectivity index (χ1n) is 5.67. The molecule has 0 aliphatic heterocycles. The molecule has 0 saturated carbocycles. The molecule has 0 unspecified atom stereocenters. The average Bonchev–Trinajstić information content (AvgIpc) is 2.31. The van der Waals surface area contributed by atoms with Crippen LogP contribution in [0.5, 0.6) is 0 Å². The Morgan fingerprint density at radius 2 is 1.62 bits per heavy atom. The summed E-state index contributed by atoms with van der Waals surface area (Å²) in [7, 11) is 1.80. The van der Waals surface area contributed by atoms with Crippen molar-refractivity contribution in [2.45, 2.75) is 20.8 Å². The second kappa shape index (κ2) is 6.09. The van der Waals surface area contributed by atoms with Crippen molar-refractivity contribution in [3.8, 4) is 0 Å². The minimum Gasteiger partial charge on any atom is -0.357 e. The molecule has 0 amide bonds. The van der Waals surface area contributed by atoms with Gasteiger partial charge in [-0.1, -0.05) is 0 Å². The highest BCUT2D eigenvalue weighted by Crippen LogP contribution is 2.12. The van der Waals surface area contributed by atoms with Crippen LogP contribution in [0.15, 0.2) is 0 Å². The Morgan fingerprint density at radius 1 is 1.00 bits per heavy atom. The molecular formula is C10H20N6. The maximum Gasteiger partial charge on any atom is 0.231 e. The van der Waals surface area contributed by atoms with Crippen LogP contribution < -0.4 is 15.5 Å². The van der Waals surface area contributed by atoms with Crippen molar-refractivity contribution < 1.29 is 0 Å². The van der Waals surface area contributed by atoms with Gasteiger partial charge < -0.3 is 15.5 Å². The number of nitrogens with zero attached hydrogens (tertiary/aromatic N) is 4. The topological polar surface area (TPSA) is 66.0 Å². The van der Waals surface area contributed by atoms with Gasteiger partial charge in [-0.3, -0.25) is 0 Å². The summed E-state index contributed by atoms with van der Waals surface area (Å²) in [6.45, 7) is 8.74. The summed E-state index contributed by atoms with van der Waals surface area (Å²) in [4.78, 5) is 15.0. The predicted molar refractivity (Wildman–Crippen MR) is 67.1 cm³/mol. The molecule has 0 saturated heterocycles. The van der Waals surface area contributed by atoms with Gasteiger partial charge in [-0.15, -0.1) is 0 Å². The second-order valence-corrected chi connectivity index (χ2v) is 3.24. The van der Waals surface area contributed by atoms with Crippen molar-refractivity contribution in [1.29, 1.82) is 0 Å². The monoisotopic (exact) mass is 224 g/mol. The van der Waals surface area contributed by atoms with Gasteiger partial charge in [0.1, 0.15) is 0 Å². The summed E-state index contributed by atoms with van der Waals surface area (Å²) in [5, 5.41) is 6.04. The zero-order valence-corrected chi connectivity index (χ0v) is 10.4. The first-order chi connectivity index (χ1) is 7.74. The summed E-state index contributed by atoms with van der Waals surface area (Å²) in [6, 6.07) is 0. The van der Waals surface area contributed by atoms with E-state index < -0.39 is 0 Å². The quantitative estimate of drug-likeness (QED) is 0.756. The Balaban J connectivity index is 3.02. The van der Waals surface area contributed by atoms with Gasteiger partial charge in [0.2, 0.25) is 17.8 Å². The fourth-order valence-corrected chi connectivity index (χ4v) is 1.36. The van der Waals surface area contributed by atoms with Crippen LogP contribution in [0.1, 0.15) is 20.8 Å². The standard InChI is InChI=1S/C10H20N6/c1-5-12-9-13-8(11-4)14-10(15-9)16(6-2)7-3/h5-7H2,1-4H3,(H2,11,12,13,14,15). The van der Waals surface area contributed by atoms with Crippen LogP contribution in [0.3, 0.4) is 0 Å². The Morgan fingerprint density at radius 3 is 2.12 bits per heavy atom. The number of anilines is 3. The summed E-state index contributed by atoms with van der Waals surface area (Å²) in [6.07, 6.45) is 0. The van der Waals surface area contributed by atoms with Gasteiger partial charge in [-0.05, 0) is 20.8 Å². The van der Waals surface area contributed by atoms with Gasteiger partial charge in [0.15, 0.2) is 0 Å². The van der Waals surface area contributed by atoms with Crippen molar-refractivity contribution in [1.82, 2.24) is 15.0 Å². The third-order valence-corrected chi connectivity index (χ3v) is 2.23. The molecule has 1 rings (SSSR count). The molecule has 0 bridgehead atoms. The van der Waals surface area contributed by atoms with Gasteiger partial charge in [0.25, 0.3) is 0 Å². The van der Waals surface area contributed by atoms with Crippen LogP contribution >= 0.6 is 0 Å². The minimum absolute atomic E-state index is 0.591. The molecule has 0 aromatic carbocycles. The highest BCUT2D eigenvalue weighted by atomic mass is 15.3. The van der Waals surface area contributed by atoms with E-state index in [-0.39, 0.29) is 0 Å². The van der Waals surface area contributed by atoms with Crippen molar-refractivity contribution in [3.05, 3.63) is 0 Å². The third kappa shape index (κ3) is 2.95. The zero-order chi connectivity index (χ0) is 12.0. The summed E-state index contributed by atoms with van der Waals surface area (Å²) >= 11 is 0. The summed E-state index contributed by atoms with van der Waals surface area (Å²) in [5.41, 5.74) is 0. The van der Waals surface area contributed by atoms with E-state index in [2.05, 4.69) is 44.3 Å². The molecule has 0 atom stereocenters. The Bertz CT molecular complexity index is 323. The van der Waals surface area contributed by atoms with Crippen LogP contribution in [-0.2, 0) is 0 Å². The number of aromatic nitrogens is 3. The Labute approximate surface area is 96.5 Å². The van der Waals surface area contributed by atoms with E-state index >= 15 is 0 Å². The Kier molecular flexibility index (Phi) is 4.75. The van der Waals surface area contributed by atoms with E-state index in [0.29, 0.717) is 17.8 Å². The lowest BCUT2D eigenvalue weighted by molar-refractivity contribution is 0.813. The SMILES string of the molecule is CCNc1nc(NC)nc(N(CC)CC)n1. The molecule has 0 aliphatic carbocycles. The number of hydrogen-bond acceptors (Lipinski definition) is 6. The highest BCUT2D eigenvalue weighted by molar-refractivity contribution is 5.43. The van der Waals surface area contributed by atoms with Crippen LogP contribution in [0, 0.1) is 0 Å². The fourth-order valence-electron chi connectivity index (χ4n) is 1.36. The number of hydrogen-bond donors (Lipinski definition) is 2. The lowest BCUT2D eigenvalue weighted by Gasteiger charge is -2.19. The van der Waals surface area contributed by atoms with E-state index in [9.17, 15) is 0 Å². The first kappa shape index (κ1) is 12.5. The van der Waals surface area contributed by atoms with Crippen molar-refractivity contribution in [2.75, 3.05) is 42.2 Å². The minimum atomic E-state index is 0.591. The molecule has 1 heterocycles. The Hall–Kier alpha value is -1.59. The van der Waals surface area contributed by atoms with Gasteiger partial charge in [0, 0.05) is 26.7 Å². The van der Waals surface area contributed by atoms with E-state index in [1.165, 1.54) is 0 Å². The molecule has 0 aliphatic rings. The maximum absolute atomic E-state index is 4.37. The van der Waals surface area contributed by atoms with E-state index in [0.717, 1.165) is 19.6 Å². The average molecular weight is 224 g/mol. The predicted octanol–water partition coefficient (Wildman–Crippen LogP) is 1.19. The van der Waals surface area contributed by atoms with Gasteiger partial charge in [-0.2, -0.15) is 15.0 Å². The molecule has 6 nitrogen and oxygen atoms in total. The molecular weight excluding hydrogens is 204 g/mol. The molecule has 6 heteroatoms. The second-order valence-electron chi connectivity index (χ2n) is 3.24. The normalized spacial score (nSPS) is 10.0. The molecule has 1 aromatic rings. The molecule has 16 heavy (non-hydrogen) atoms. The largest absolute Gasteiger partial charge is 0.357 e. The van der Waals surface area contributed by atoms with Gasteiger partial charge in [-0.25, -0.2) is 0 Å². The molecule has 2 N–H and O–H groups in total. The van der Waals surface area contributed by atoms with E-state index in [1.807, 2.05) is 6.92 Å². The van der Waals surface area contributed by atoms with Gasteiger partial charge >= 0.3 is 0 Å². The molecule has 90 valence electrons. The lowest BCUT2D eigenvalue weighted by atomic mass is 10.5. The molecule has 0 radical (unpaired) electrons. The van der Waals surface area contributed by atoms with E-state index in [4.69, 9.17) is 0 Å². The summed E-state index contributed by atoms with van der Waals surface area (Å²) < 4.78 is 0. The van der Waals surface area contributed by atoms with Gasteiger partial charge in [0.05, 0.1) is 0 Å². The fraction of sp³-hybridized carbons (Fsp3) is 0.700.